The van der Waals surface area contributed by atoms with Crippen LogP contribution in [0.25, 0.3) is 0 Å². The van der Waals surface area contributed by atoms with Crippen molar-refractivity contribution in [3.8, 4) is 0 Å². The molecule has 1 fully saturated rings. The molecule has 0 spiro atoms. The summed E-state index contributed by atoms with van der Waals surface area (Å²) in [5.74, 6) is 0. The van der Waals surface area contributed by atoms with Crippen LogP contribution >= 0.6 is 0 Å². The number of rotatable bonds is 7. The van der Waals surface area contributed by atoms with E-state index in [4.69, 9.17) is 0 Å². The van der Waals surface area contributed by atoms with E-state index in [9.17, 15) is 16.8 Å². The van der Waals surface area contributed by atoms with E-state index in [1.54, 1.807) is 30.3 Å². The Labute approximate surface area is 160 Å². The summed E-state index contributed by atoms with van der Waals surface area (Å²) in [5.41, 5.74) is 0.520. The Bertz CT molecular complexity index is 995. The molecular formula is C19H22N2O4S2. The van der Waals surface area contributed by atoms with Gasteiger partial charge in [0.15, 0.2) is 0 Å². The lowest BCUT2D eigenvalue weighted by atomic mass is 10.3. The molecule has 0 radical (unpaired) electrons. The number of para-hydroxylation sites is 1. The van der Waals surface area contributed by atoms with Gasteiger partial charge in [-0.15, -0.1) is 6.58 Å². The van der Waals surface area contributed by atoms with Crippen LogP contribution in [0.5, 0.6) is 0 Å². The number of hydrogen-bond acceptors (Lipinski definition) is 4. The Kier molecular flexibility index (Phi) is 5.69. The second-order valence-electron chi connectivity index (χ2n) is 6.24. The van der Waals surface area contributed by atoms with Crippen molar-refractivity contribution in [3.05, 3.63) is 67.3 Å². The van der Waals surface area contributed by atoms with Crippen molar-refractivity contribution in [1.82, 2.24) is 4.31 Å². The zero-order valence-electron chi connectivity index (χ0n) is 14.9. The van der Waals surface area contributed by atoms with Gasteiger partial charge in [-0.2, -0.15) is 4.31 Å². The molecule has 1 saturated heterocycles. The minimum absolute atomic E-state index is 0.0357. The minimum Gasteiger partial charge on any atom is -0.263 e. The lowest BCUT2D eigenvalue weighted by Gasteiger charge is -2.23. The fourth-order valence-electron chi connectivity index (χ4n) is 3.04. The Hall–Kier alpha value is -2.16. The molecule has 1 heterocycles. The molecule has 2 aromatic rings. The van der Waals surface area contributed by atoms with Crippen LogP contribution in [-0.2, 0) is 20.0 Å². The first-order chi connectivity index (χ1) is 12.9. The van der Waals surface area contributed by atoms with Gasteiger partial charge in [0.2, 0.25) is 10.0 Å². The molecule has 0 atom stereocenters. The number of benzene rings is 2. The summed E-state index contributed by atoms with van der Waals surface area (Å²) >= 11 is 0. The molecule has 2 aromatic carbocycles. The standard InChI is InChI=1S/C19H22N2O4S2/c1-2-14-21(17-8-4-3-5-9-17)27(24,25)19-12-10-18(11-13-19)26(22,23)20-15-6-7-16-20/h2-5,8-13H,1,6-7,14-16H2. The zero-order chi connectivity index (χ0) is 19.5. The fourth-order valence-corrected chi connectivity index (χ4v) is 5.99. The number of hydrogen-bond donors (Lipinski definition) is 0. The molecule has 0 N–H and O–H groups in total. The second kappa shape index (κ2) is 7.84. The minimum atomic E-state index is -3.84. The third kappa shape index (κ3) is 3.92. The number of anilines is 1. The molecule has 1 aliphatic rings. The maximum Gasteiger partial charge on any atom is 0.264 e. The SMILES string of the molecule is C=CCN(c1ccccc1)S(=O)(=O)c1ccc(S(=O)(=O)N2CCCC2)cc1. The smallest absolute Gasteiger partial charge is 0.263 e. The van der Waals surface area contributed by atoms with Crippen LogP contribution in [0, 0.1) is 0 Å². The van der Waals surface area contributed by atoms with E-state index in [2.05, 4.69) is 6.58 Å². The molecule has 27 heavy (non-hydrogen) atoms. The van der Waals surface area contributed by atoms with E-state index in [-0.39, 0.29) is 16.3 Å². The van der Waals surface area contributed by atoms with E-state index >= 15 is 0 Å². The van der Waals surface area contributed by atoms with Crippen molar-refractivity contribution < 1.29 is 16.8 Å². The highest BCUT2D eigenvalue weighted by molar-refractivity contribution is 7.92. The van der Waals surface area contributed by atoms with Crippen LogP contribution in [0.15, 0.2) is 77.0 Å². The lowest BCUT2D eigenvalue weighted by Crippen LogP contribution is -2.31. The average molecular weight is 407 g/mol. The summed E-state index contributed by atoms with van der Waals surface area (Å²) in [6.07, 6.45) is 3.20. The first-order valence-corrected chi connectivity index (χ1v) is 11.5. The summed E-state index contributed by atoms with van der Waals surface area (Å²) in [5, 5.41) is 0. The maximum atomic E-state index is 13.1. The summed E-state index contributed by atoms with van der Waals surface area (Å²) in [4.78, 5) is 0.145. The van der Waals surface area contributed by atoms with E-state index in [0.29, 0.717) is 18.8 Å². The molecule has 0 aromatic heterocycles. The number of nitrogens with zero attached hydrogens (tertiary/aromatic N) is 2. The van der Waals surface area contributed by atoms with E-state index in [1.165, 1.54) is 39.0 Å². The van der Waals surface area contributed by atoms with Gasteiger partial charge in [-0.05, 0) is 49.2 Å². The highest BCUT2D eigenvalue weighted by Gasteiger charge is 2.29. The van der Waals surface area contributed by atoms with Crippen molar-refractivity contribution in [2.24, 2.45) is 0 Å². The van der Waals surface area contributed by atoms with Crippen LogP contribution in [0.3, 0.4) is 0 Å². The average Bonchev–Trinajstić information content (AvgIpc) is 3.22. The molecule has 0 amide bonds. The van der Waals surface area contributed by atoms with Gasteiger partial charge in [0, 0.05) is 13.1 Å². The van der Waals surface area contributed by atoms with Gasteiger partial charge in [-0.25, -0.2) is 16.8 Å². The van der Waals surface area contributed by atoms with Crippen molar-refractivity contribution in [2.45, 2.75) is 22.6 Å². The monoisotopic (exact) mass is 406 g/mol. The fraction of sp³-hybridized carbons (Fsp3) is 0.263. The maximum absolute atomic E-state index is 13.1. The van der Waals surface area contributed by atoms with E-state index < -0.39 is 20.0 Å². The highest BCUT2D eigenvalue weighted by atomic mass is 32.2. The van der Waals surface area contributed by atoms with Crippen molar-refractivity contribution in [1.29, 1.82) is 0 Å². The lowest BCUT2D eigenvalue weighted by molar-refractivity contribution is 0.477. The topological polar surface area (TPSA) is 74.8 Å². The molecule has 0 bridgehead atoms. The zero-order valence-corrected chi connectivity index (χ0v) is 16.5. The van der Waals surface area contributed by atoms with Gasteiger partial charge in [0.25, 0.3) is 10.0 Å². The Balaban J connectivity index is 1.94. The molecule has 6 nitrogen and oxygen atoms in total. The van der Waals surface area contributed by atoms with Crippen molar-refractivity contribution >= 4 is 25.7 Å². The molecule has 0 unspecified atom stereocenters. The van der Waals surface area contributed by atoms with Gasteiger partial charge in [0.05, 0.1) is 22.0 Å². The van der Waals surface area contributed by atoms with Crippen LogP contribution in [-0.4, -0.2) is 40.8 Å². The van der Waals surface area contributed by atoms with E-state index in [0.717, 1.165) is 12.8 Å². The van der Waals surface area contributed by atoms with Crippen LogP contribution in [0.4, 0.5) is 5.69 Å². The molecule has 0 saturated carbocycles. The Morgan fingerprint density at radius 2 is 1.44 bits per heavy atom. The van der Waals surface area contributed by atoms with Gasteiger partial charge < -0.3 is 0 Å². The largest absolute Gasteiger partial charge is 0.264 e. The molecule has 3 rings (SSSR count). The number of sulfonamides is 2. The molecule has 144 valence electrons. The molecular weight excluding hydrogens is 384 g/mol. The summed E-state index contributed by atoms with van der Waals surface area (Å²) in [6.45, 7) is 4.75. The summed E-state index contributed by atoms with van der Waals surface area (Å²) < 4.78 is 54.0. The quantitative estimate of drug-likeness (QED) is 0.663. The summed E-state index contributed by atoms with van der Waals surface area (Å²) in [6, 6.07) is 14.1. The predicted octanol–water partition coefficient (Wildman–Crippen LogP) is 2.85. The summed E-state index contributed by atoms with van der Waals surface area (Å²) in [7, 11) is -7.42. The Morgan fingerprint density at radius 3 is 2.00 bits per heavy atom. The van der Waals surface area contributed by atoms with Crippen LogP contribution in [0.2, 0.25) is 0 Å². The van der Waals surface area contributed by atoms with Gasteiger partial charge in [-0.3, -0.25) is 4.31 Å². The first-order valence-electron chi connectivity index (χ1n) is 8.66. The third-order valence-corrected chi connectivity index (χ3v) is 8.17. The van der Waals surface area contributed by atoms with Crippen molar-refractivity contribution in [3.63, 3.8) is 0 Å². The first kappa shape index (κ1) is 19.6. The van der Waals surface area contributed by atoms with E-state index in [1.807, 2.05) is 0 Å². The third-order valence-electron chi connectivity index (χ3n) is 4.45. The van der Waals surface area contributed by atoms with Gasteiger partial charge in [-0.1, -0.05) is 24.3 Å². The van der Waals surface area contributed by atoms with Gasteiger partial charge >= 0.3 is 0 Å². The predicted molar refractivity (Wildman–Crippen MR) is 106 cm³/mol. The van der Waals surface area contributed by atoms with Crippen LogP contribution in [0.1, 0.15) is 12.8 Å². The van der Waals surface area contributed by atoms with Crippen molar-refractivity contribution in [2.75, 3.05) is 23.9 Å². The van der Waals surface area contributed by atoms with Gasteiger partial charge in [0.1, 0.15) is 0 Å². The molecule has 1 aliphatic heterocycles. The molecule has 0 aliphatic carbocycles. The second-order valence-corrected chi connectivity index (χ2v) is 10.0. The Morgan fingerprint density at radius 1 is 0.889 bits per heavy atom. The van der Waals surface area contributed by atoms with Crippen LogP contribution < -0.4 is 4.31 Å². The normalized spacial score (nSPS) is 15.6. The highest BCUT2D eigenvalue weighted by Crippen LogP contribution is 2.26. The molecule has 8 heteroatoms.